The van der Waals surface area contributed by atoms with Gasteiger partial charge in [-0.3, -0.25) is 4.79 Å². The van der Waals surface area contributed by atoms with Crippen molar-refractivity contribution < 1.29 is 9.53 Å². The molecule has 1 aromatic heterocycles. The number of aromatic nitrogens is 4. The third kappa shape index (κ3) is 2.91. The lowest BCUT2D eigenvalue weighted by atomic mass is 9.90. The summed E-state index contributed by atoms with van der Waals surface area (Å²) in [6.07, 6.45) is 2.53. The summed E-state index contributed by atoms with van der Waals surface area (Å²) in [5.41, 5.74) is 6.70. The number of benzene rings is 1. The molecule has 8 heteroatoms. The van der Waals surface area contributed by atoms with E-state index < -0.39 is 5.54 Å². The Labute approximate surface area is 121 Å². The predicted molar refractivity (Wildman–Crippen MR) is 74.8 cm³/mol. The molecule has 1 aliphatic rings. The number of ether oxygens (including phenoxy) is 1. The summed E-state index contributed by atoms with van der Waals surface area (Å²) in [7, 11) is 0. The SMILES string of the molecule is NC1(C(=O)Nc2cccc(-n3cnnn3)c2)CCOCC1. The van der Waals surface area contributed by atoms with Crippen molar-refractivity contribution in [2.24, 2.45) is 5.73 Å². The number of nitrogens with zero attached hydrogens (tertiary/aromatic N) is 4. The van der Waals surface area contributed by atoms with Crippen LogP contribution >= 0.6 is 0 Å². The van der Waals surface area contributed by atoms with Crippen LogP contribution in [0.3, 0.4) is 0 Å². The molecule has 1 saturated heterocycles. The highest BCUT2D eigenvalue weighted by Crippen LogP contribution is 2.21. The maximum atomic E-state index is 12.3. The van der Waals surface area contributed by atoms with Gasteiger partial charge in [-0.15, -0.1) is 5.10 Å². The Morgan fingerprint density at radius 1 is 1.38 bits per heavy atom. The molecule has 1 amide bonds. The highest BCUT2D eigenvalue weighted by Gasteiger charge is 2.35. The van der Waals surface area contributed by atoms with Crippen molar-refractivity contribution >= 4 is 11.6 Å². The highest BCUT2D eigenvalue weighted by molar-refractivity contribution is 5.98. The third-order valence-electron chi connectivity index (χ3n) is 3.55. The number of carbonyl (C=O) groups is 1. The average molecular weight is 288 g/mol. The van der Waals surface area contributed by atoms with Gasteiger partial charge in [0.05, 0.1) is 5.69 Å². The van der Waals surface area contributed by atoms with E-state index in [4.69, 9.17) is 10.5 Å². The molecular formula is C13H16N6O2. The minimum atomic E-state index is -0.872. The standard InChI is InChI=1S/C13H16N6O2/c14-13(4-6-21-7-5-13)12(20)16-10-2-1-3-11(8-10)19-9-15-17-18-19/h1-3,8-9H,4-7,14H2,(H,16,20). The summed E-state index contributed by atoms with van der Waals surface area (Å²) in [4.78, 5) is 12.3. The summed E-state index contributed by atoms with van der Waals surface area (Å²) >= 11 is 0. The normalized spacial score (nSPS) is 17.4. The first-order valence-corrected chi connectivity index (χ1v) is 6.69. The van der Waals surface area contributed by atoms with Gasteiger partial charge in [-0.25, -0.2) is 4.68 Å². The van der Waals surface area contributed by atoms with Gasteiger partial charge in [0.1, 0.15) is 11.9 Å². The molecular weight excluding hydrogens is 272 g/mol. The van der Waals surface area contributed by atoms with E-state index in [1.165, 1.54) is 11.0 Å². The van der Waals surface area contributed by atoms with Crippen molar-refractivity contribution in [1.29, 1.82) is 0 Å². The maximum Gasteiger partial charge on any atom is 0.244 e. The number of hydrogen-bond acceptors (Lipinski definition) is 6. The zero-order valence-electron chi connectivity index (χ0n) is 11.4. The molecule has 1 aromatic carbocycles. The molecule has 0 bridgehead atoms. The van der Waals surface area contributed by atoms with E-state index >= 15 is 0 Å². The fraction of sp³-hybridized carbons (Fsp3) is 0.385. The molecule has 8 nitrogen and oxygen atoms in total. The van der Waals surface area contributed by atoms with Crippen molar-refractivity contribution in [3.8, 4) is 5.69 Å². The second-order valence-corrected chi connectivity index (χ2v) is 5.03. The number of amides is 1. The van der Waals surface area contributed by atoms with E-state index in [0.29, 0.717) is 31.7 Å². The Balaban J connectivity index is 1.76. The number of rotatable bonds is 3. The summed E-state index contributed by atoms with van der Waals surface area (Å²) in [6.45, 7) is 1.02. The summed E-state index contributed by atoms with van der Waals surface area (Å²) in [6, 6.07) is 7.25. The molecule has 0 atom stereocenters. The van der Waals surface area contributed by atoms with Crippen molar-refractivity contribution in [3.63, 3.8) is 0 Å². The minimum absolute atomic E-state index is 0.195. The van der Waals surface area contributed by atoms with Crippen LogP contribution < -0.4 is 11.1 Å². The van der Waals surface area contributed by atoms with Gasteiger partial charge in [-0.2, -0.15) is 0 Å². The molecule has 110 valence electrons. The first-order chi connectivity index (χ1) is 10.2. The van der Waals surface area contributed by atoms with E-state index in [1.807, 2.05) is 12.1 Å². The predicted octanol–water partition coefficient (Wildman–Crippen LogP) is 0.109. The van der Waals surface area contributed by atoms with Crippen LogP contribution in [0.1, 0.15) is 12.8 Å². The smallest absolute Gasteiger partial charge is 0.244 e. The summed E-state index contributed by atoms with van der Waals surface area (Å²) in [5, 5.41) is 13.8. The van der Waals surface area contributed by atoms with Crippen molar-refractivity contribution in [2.45, 2.75) is 18.4 Å². The Hall–Kier alpha value is -2.32. The first-order valence-electron chi connectivity index (χ1n) is 6.69. The van der Waals surface area contributed by atoms with E-state index in [1.54, 1.807) is 12.1 Å². The Kier molecular flexibility index (Phi) is 3.63. The number of nitrogens with two attached hydrogens (primary N) is 1. The molecule has 0 unspecified atom stereocenters. The van der Waals surface area contributed by atoms with Crippen LogP contribution in [0.2, 0.25) is 0 Å². The van der Waals surface area contributed by atoms with Gasteiger partial charge in [0.15, 0.2) is 0 Å². The monoisotopic (exact) mass is 288 g/mol. The first kappa shape index (κ1) is 13.7. The lowest BCUT2D eigenvalue weighted by Gasteiger charge is -2.31. The molecule has 0 saturated carbocycles. The largest absolute Gasteiger partial charge is 0.381 e. The topological polar surface area (TPSA) is 108 Å². The van der Waals surface area contributed by atoms with Crippen LogP contribution in [-0.4, -0.2) is 44.9 Å². The van der Waals surface area contributed by atoms with Gasteiger partial charge in [-0.05, 0) is 41.5 Å². The van der Waals surface area contributed by atoms with Gasteiger partial charge in [0.25, 0.3) is 0 Å². The molecule has 2 heterocycles. The van der Waals surface area contributed by atoms with Crippen molar-refractivity contribution in [2.75, 3.05) is 18.5 Å². The number of tetrazole rings is 1. The maximum absolute atomic E-state index is 12.3. The van der Waals surface area contributed by atoms with Gasteiger partial charge in [0, 0.05) is 18.9 Å². The minimum Gasteiger partial charge on any atom is -0.381 e. The highest BCUT2D eigenvalue weighted by atomic mass is 16.5. The second kappa shape index (κ2) is 5.58. The number of hydrogen-bond donors (Lipinski definition) is 2. The van der Waals surface area contributed by atoms with E-state index in [9.17, 15) is 4.79 Å². The van der Waals surface area contributed by atoms with Crippen molar-refractivity contribution in [1.82, 2.24) is 20.2 Å². The number of anilines is 1. The Bertz CT molecular complexity index is 621. The molecule has 2 aromatic rings. The quantitative estimate of drug-likeness (QED) is 0.830. The van der Waals surface area contributed by atoms with E-state index in [2.05, 4.69) is 20.8 Å². The van der Waals surface area contributed by atoms with E-state index in [-0.39, 0.29) is 5.91 Å². The number of carbonyl (C=O) groups excluding carboxylic acids is 1. The molecule has 1 fully saturated rings. The second-order valence-electron chi connectivity index (χ2n) is 5.03. The summed E-state index contributed by atoms with van der Waals surface area (Å²) < 4.78 is 6.76. The van der Waals surface area contributed by atoms with Gasteiger partial charge in [0.2, 0.25) is 5.91 Å². The van der Waals surface area contributed by atoms with Crippen LogP contribution in [0.5, 0.6) is 0 Å². The molecule has 21 heavy (non-hydrogen) atoms. The van der Waals surface area contributed by atoms with Crippen LogP contribution in [0.15, 0.2) is 30.6 Å². The van der Waals surface area contributed by atoms with Gasteiger partial charge in [-0.1, -0.05) is 6.07 Å². The fourth-order valence-corrected chi connectivity index (χ4v) is 2.22. The zero-order valence-corrected chi connectivity index (χ0v) is 11.4. The van der Waals surface area contributed by atoms with Crippen LogP contribution in [0.4, 0.5) is 5.69 Å². The van der Waals surface area contributed by atoms with Crippen LogP contribution in [0.25, 0.3) is 5.69 Å². The molecule has 3 N–H and O–H groups in total. The fourth-order valence-electron chi connectivity index (χ4n) is 2.22. The lowest BCUT2D eigenvalue weighted by molar-refractivity contribution is -0.124. The molecule has 3 rings (SSSR count). The molecule has 1 aliphatic heterocycles. The molecule has 0 radical (unpaired) electrons. The lowest BCUT2D eigenvalue weighted by Crippen LogP contribution is -2.54. The third-order valence-corrected chi connectivity index (χ3v) is 3.55. The Morgan fingerprint density at radius 2 is 2.19 bits per heavy atom. The zero-order chi connectivity index (χ0) is 14.7. The van der Waals surface area contributed by atoms with Gasteiger partial charge >= 0.3 is 0 Å². The van der Waals surface area contributed by atoms with Crippen molar-refractivity contribution in [3.05, 3.63) is 30.6 Å². The Morgan fingerprint density at radius 3 is 2.90 bits per heavy atom. The number of nitrogens with one attached hydrogen (secondary N) is 1. The van der Waals surface area contributed by atoms with Gasteiger partial charge < -0.3 is 15.8 Å². The molecule has 0 spiro atoms. The summed E-state index contributed by atoms with van der Waals surface area (Å²) in [5.74, 6) is -0.195. The molecule has 0 aliphatic carbocycles. The van der Waals surface area contributed by atoms with Crippen LogP contribution in [-0.2, 0) is 9.53 Å². The van der Waals surface area contributed by atoms with Crippen LogP contribution in [0, 0.1) is 0 Å². The van der Waals surface area contributed by atoms with E-state index in [0.717, 1.165) is 5.69 Å². The average Bonchev–Trinajstić information content (AvgIpc) is 3.02.